The fourth-order valence-corrected chi connectivity index (χ4v) is 2.55. The van der Waals surface area contributed by atoms with Crippen LogP contribution in [0.3, 0.4) is 0 Å². The lowest BCUT2D eigenvalue weighted by atomic mass is 10.2. The molecule has 2 nitrogen and oxygen atoms in total. The quantitative estimate of drug-likeness (QED) is 0.873. The molecular formula is C13H8ClF3N2S. The van der Waals surface area contributed by atoms with Gasteiger partial charge in [0.05, 0.1) is 16.1 Å². The number of nitrogens with zero attached hydrogens (tertiary/aromatic N) is 1. The van der Waals surface area contributed by atoms with Crippen LogP contribution < -0.4 is 5.32 Å². The van der Waals surface area contributed by atoms with Crippen molar-refractivity contribution in [3.05, 3.63) is 50.7 Å². The van der Waals surface area contributed by atoms with Gasteiger partial charge in [0.1, 0.15) is 6.07 Å². The number of hydrogen-bond donors (Lipinski definition) is 1. The molecule has 0 spiro atoms. The second kappa shape index (κ2) is 5.73. The molecule has 1 aromatic carbocycles. The Morgan fingerprint density at radius 2 is 2.05 bits per heavy atom. The van der Waals surface area contributed by atoms with Gasteiger partial charge in [-0.25, -0.2) is 0 Å². The number of nitriles is 1. The molecule has 7 heteroatoms. The first-order valence-electron chi connectivity index (χ1n) is 5.48. The van der Waals surface area contributed by atoms with Crippen LogP contribution in [0.15, 0.2) is 29.6 Å². The summed E-state index contributed by atoms with van der Waals surface area (Å²) >= 11 is 6.91. The summed E-state index contributed by atoms with van der Waals surface area (Å²) in [6, 6.07) is 7.36. The molecule has 20 heavy (non-hydrogen) atoms. The molecule has 104 valence electrons. The first kappa shape index (κ1) is 14.7. The van der Waals surface area contributed by atoms with Crippen LogP contribution in [0.4, 0.5) is 18.9 Å². The van der Waals surface area contributed by atoms with Crippen LogP contribution in [0, 0.1) is 11.3 Å². The standard InChI is InChI=1S/C13H8ClF3N2S/c14-12-2-1-9(4-11(12)13(15,16)17)19-6-10-3-8(5-18)7-20-10/h1-4,7,19H,6H2. The zero-order valence-electron chi connectivity index (χ0n) is 9.96. The monoisotopic (exact) mass is 316 g/mol. The van der Waals surface area contributed by atoms with E-state index in [-0.39, 0.29) is 5.02 Å². The van der Waals surface area contributed by atoms with E-state index in [9.17, 15) is 13.2 Å². The van der Waals surface area contributed by atoms with E-state index < -0.39 is 11.7 Å². The fraction of sp³-hybridized carbons (Fsp3) is 0.154. The van der Waals surface area contributed by atoms with E-state index in [2.05, 4.69) is 5.32 Å². The molecule has 1 aromatic heterocycles. The van der Waals surface area contributed by atoms with Crippen LogP contribution in [0.25, 0.3) is 0 Å². The highest BCUT2D eigenvalue weighted by Crippen LogP contribution is 2.36. The van der Waals surface area contributed by atoms with Gasteiger partial charge in [-0.05, 0) is 24.3 Å². The van der Waals surface area contributed by atoms with E-state index in [1.54, 1.807) is 11.4 Å². The number of alkyl halides is 3. The predicted molar refractivity (Wildman–Crippen MR) is 72.8 cm³/mol. The Morgan fingerprint density at radius 3 is 2.65 bits per heavy atom. The van der Waals surface area contributed by atoms with E-state index in [4.69, 9.17) is 16.9 Å². The van der Waals surface area contributed by atoms with Crippen molar-refractivity contribution < 1.29 is 13.2 Å². The normalized spacial score (nSPS) is 11.2. The van der Waals surface area contributed by atoms with Crippen LogP contribution in [0.5, 0.6) is 0 Å². The molecule has 0 atom stereocenters. The predicted octanol–water partition coefficient (Wildman–Crippen LogP) is 4.90. The van der Waals surface area contributed by atoms with Gasteiger partial charge in [0.25, 0.3) is 0 Å². The topological polar surface area (TPSA) is 35.8 Å². The molecule has 0 radical (unpaired) electrons. The summed E-state index contributed by atoms with van der Waals surface area (Å²) in [5, 5.41) is 12.9. The summed E-state index contributed by atoms with van der Waals surface area (Å²) in [5.74, 6) is 0. The third kappa shape index (κ3) is 3.44. The van der Waals surface area contributed by atoms with Crippen molar-refractivity contribution in [2.75, 3.05) is 5.32 Å². The molecule has 0 aliphatic heterocycles. The highest BCUT2D eigenvalue weighted by Gasteiger charge is 2.33. The molecule has 0 aliphatic rings. The maximum Gasteiger partial charge on any atom is 0.417 e. The van der Waals surface area contributed by atoms with Gasteiger partial charge in [-0.1, -0.05) is 11.6 Å². The number of nitrogens with one attached hydrogen (secondary N) is 1. The molecule has 2 rings (SSSR count). The van der Waals surface area contributed by atoms with Crippen LogP contribution in [0.1, 0.15) is 16.0 Å². The highest BCUT2D eigenvalue weighted by molar-refractivity contribution is 7.10. The number of benzene rings is 1. The minimum absolute atomic E-state index is 0.327. The zero-order valence-corrected chi connectivity index (χ0v) is 11.5. The van der Waals surface area contributed by atoms with Gasteiger partial charge in [0.15, 0.2) is 0 Å². The summed E-state index contributed by atoms with van der Waals surface area (Å²) < 4.78 is 38.1. The Morgan fingerprint density at radius 1 is 1.30 bits per heavy atom. The molecule has 0 amide bonds. The number of halogens is 4. The van der Waals surface area contributed by atoms with Crippen molar-refractivity contribution in [2.45, 2.75) is 12.7 Å². The Balaban J connectivity index is 2.12. The van der Waals surface area contributed by atoms with E-state index in [1.807, 2.05) is 6.07 Å². The lowest BCUT2D eigenvalue weighted by Crippen LogP contribution is -2.07. The Bertz CT molecular complexity index is 658. The average Bonchev–Trinajstić information content (AvgIpc) is 2.84. The van der Waals surface area contributed by atoms with Crippen molar-refractivity contribution in [3.8, 4) is 6.07 Å². The summed E-state index contributed by atoms with van der Waals surface area (Å²) in [4.78, 5) is 0.866. The largest absolute Gasteiger partial charge is 0.417 e. The molecule has 0 saturated heterocycles. The van der Waals surface area contributed by atoms with Crippen molar-refractivity contribution in [3.63, 3.8) is 0 Å². The van der Waals surface area contributed by atoms with E-state index >= 15 is 0 Å². The smallest absolute Gasteiger partial charge is 0.380 e. The molecule has 1 heterocycles. The molecule has 2 aromatic rings. The molecule has 0 unspecified atom stereocenters. The third-order valence-corrected chi connectivity index (χ3v) is 3.79. The molecule has 1 N–H and O–H groups in total. The zero-order chi connectivity index (χ0) is 14.8. The Kier molecular flexibility index (Phi) is 4.21. The third-order valence-electron chi connectivity index (χ3n) is 2.52. The maximum absolute atomic E-state index is 12.7. The molecular weight excluding hydrogens is 309 g/mol. The first-order chi connectivity index (χ1) is 9.40. The van der Waals surface area contributed by atoms with Crippen molar-refractivity contribution in [1.82, 2.24) is 0 Å². The molecule has 0 aliphatic carbocycles. The van der Waals surface area contributed by atoms with Gasteiger partial charge in [0.2, 0.25) is 0 Å². The fourth-order valence-electron chi connectivity index (χ4n) is 1.57. The van der Waals surface area contributed by atoms with Crippen LogP contribution in [-0.4, -0.2) is 0 Å². The van der Waals surface area contributed by atoms with Gasteiger partial charge >= 0.3 is 6.18 Å². The minimum Gasteiger partial charge on any atom is -0.380 e. The highest BCUT2D eigenvalue weighted by atomic mass is 35.5. The molecule has 0 fully saturated rings. The molecule has 0 saturated carbocycles. The van der Waals surface area contributed by atoms with Gasteiger partial charge in [0, 0.05) is 22.5 Å². The van der Waals surface area contributed by atoms with Gasteiger partial charge in [-0.2, -0.15) is 18.4 Å². The summed E-state index contributed by atoms with van der Waals surface area (Å²) in [6.07, 6.45) is -4.48. The Hall–Kier alpha value is -1.71. The van der Waals surface area contributed by atoms with Crippen molar-refractivity contribution in [1.29, 1.82) is 5.26 Å². The van der Waals surface area contributed by atoms with E-state index in [1.165, 1.54) is 23.5 Å². The Labute approximate surface area is 122 Å². The van der Waals surface area contributed by atoms with Gasteiger partial charge in [-0.15, -0.1) is 11.3 Å². The van der Waals surface area contributed by atoms with Crippen molar-refractivity contribution >= 4 is 28.6 Å². The average molecular weight is 317 g/mol. The molecule has 0 bridgehead atoms. The number of rotatable bonds is 3. The lowest BCUT2D eigenvalue weighted by Gasteiger charge is -2.11. The number of hydrogen-bond acceptors (Lipinski definition) is 3. The summed E-state index contributed by atoms with van der Waals surface area (Å²) in [7, 11) is 0. The summed E-state index contributed by atoms with van der Waals surface area (Å²) in [5.41, 5.74) is 0.000537. The number of thiophene rings is 1. The summed E-state index contributed by atoms with van der Waals surface area (Å²) in [6.45, 7) is 0.352. The van der Waals surface area contributed by atoms with Crippen LogP contribution in [-0.2, 0) is 12.7 Å². The van der Waals surface area contributed by atoms with E-state index in [0.29, 0.717) is 17.8 Å². The van der Waals surface area contributed by atoms with Gasteiger partial charge < -0.3 is 5.32 Å². The second-order valence-corrected chi connectivity index (χ2v) is 5.36. The lowest BCUT2D eigenvalue weighted by molar-refractivity contribution is -0.137. The van der Waals surface area contributed by atoms with Crippen LogP contribution >= 0.6 is 22.9 Å². The second-order valence-electron chi connectivity index (χ2n) is 3.96. The van der Waals surface area contributed by atoms with E-state index in [0.717, 1.165) is 10.9 Å². The maximum atomic E-state index is 12.7. The SMILES string of the molecule is N#Cc1csc(CNc2ccc(Cl)c(C(F)(F)F)c2)c1. The van der Waals surface area contributed by atoms with Gasteiger partial charge in [-0.3, -0.25) is 0 Å². The minimum atomic E-state index is -4.48. The van der Waals surface area contributed by atoms with Crippen LogP contribution in [0.2, 0.25) is 5.02 Å². The first-order valence-corrected chi connectivity index (χ1v) is 6.74. The van der Waals surface area contributed by atoms with Crippen molar-refractivity contribution in [2.24, 2.45) is 0 Å². The number of anilines is 1.